The molecule has 0 spiro atoms. The van der Waals surface area contributed by atoms with Crippen LogP contribution in [0.25, 0.3) is 53.6 Å². The van der Waals surface area contributed by atoms with Gasteiger partial charge in [0.25, 0.3) is 0 Å². The van der Waals surface area contributed by atoms with Crippen LogP contribution >= 0.6 is 11.3 Å². The average molecular weight is 706 g/mol. The van der Waals surface area contributed by atoms with E-state index in [-0.39, 0.29) is 11.3 Å². The Balaban J connectivity index is 0.000000559. The number of nitrogens with one attached hydrogen (secondary N) is 1. The quantitative estimate of drug-likeness (QED) is 0.136. The molecule has 0 saturated heterocycles. The molecule has 8 aromatic rings. The van der Waals surface area contributed by atoms with E-state index in [4.69, 9.17) is 5.73 Å². The Morgan fingerprint density at radius 3 is 1.68 bits per heavy atom. The molecule has 0 unspecified atom stereocenters. The van der Waals surface area contributed by atoms with Gasteiger partial charge in [0.15, 0.2) is 5.84 Å². The number of aliphatic imine (C=N–C) groups is 1. The van der Waals surface area contributed by atoms with E-state index < -0.39 is 0 Å². The van der Waals surface area contributed by atoms with Gasteiger partial charge in [-0.15, -0.1) is 11.3 Å². The van der Waals surface area contributed by atoms with E-state index in [9.17, 15) is 5.41 Å². The van der Waals surface area contributed by atoms with Gasteiger partial charge in [0.2, 0.25) is 0 Å². The molecule has 7 aromatic carbocycles. The summed E-state index contributed by atoms with van der Waals surface area (Å²) in [5.41, 5.74) is 17.6. The van der Waals surface area contributed by atoms with E-state index in [1.807, 2.05) is 60.7 Å². The highest BCUT2D eigenvalue weighted by Crippen LogP contribution is 2.47. The molecular weight excluding hydrogens is 663 g/mol. The van der Waals surface area contributed by atoms with Crippen molar-refractivity contribution < 1.29 is 0 Å². The molecule has 0 bridgehead atoms. The number of amidine groups is 2. The van der Waals surface area contributed by atoms with Crippen molar-refractivity contribution in [1.29, 1.82) is 5.41 Å². The van der Waals surface area contributed by atoms with Crippen LogP contribution in [0.4, 0.5) is 0 Å². The van der Waals surface area contributed by atoms with Gasteiger partial charge in [-0.1, -0.05) is 178 Å². The normalized spacial score (nSPS) is 11.7. The van der Waals surface area contributed by atoms with Crippen LogP contribution in [0.5, 0.6) is 0 Å². The fourth-order valence-electron chi connectivity index (χ4n) is 6.58. The summed E-state index contributed by atoms with van der Waals surface area (Å²) in [6, 6.07) is 58.7. The van der Waals surface area contributed by atoms with Crippen LogP contribution in [-0.2, 0) is 5.41 Å². The van der Waals surface area contributed by atoms with Gasteiger partial charge in [-0.2, -0.15) is 0 Å². The van der Waals surface area contributed by atoms with Crippen molar-refractivity contribution in [2.45, 2.75) is 33.1 Å². The highest BCUT2D eigenvalue weighted by atomic mass is 32.1. The van der Waals surface area contributed by atoms with E-state index in [2.05, 4.69) is 142 Å². The molecule has 3 nitrogen and oxygen atoms in total. The number of nitrogens with zero attached hydrogens (tertiary/aromatic N) is 1. The van der Waals surface area contributed by atoms with Crippen LogP contribution in [-0.4, -0.2) is 11.7 Å². The first-order valence-corrected chi connectivity index (χ1v) is 18.7. The fraction of sp³-hybridized carbons (Fsp3) is 0.102. The minimum atomic E-state index is 0.0690. The van der Waals surface area contributed by atoms with Gasteiger partial charge in [-0.25, -0.2) is 4.99 Å². The van der Waals surface area contributed by atoms with Crippen LogP contribution in [0, 0.1) is 12.3 Å². The molecule has 53 heavy (non-hydrogen) atoms. The zero-order valence-corrected chi connectivity index (χ0v) is 31.4. The highest BCUT2D eigenvalue weighted by molar-refractivity contribution is 7.27. The molecule has 8 rings (SSSR count). The molecular formula is C49H43N3S. The van der Waals surface area contributed by atoms with Gasteiger partial charge in [0, 0.05) is 36.9 Å². The van der Waals surface area contributed by atoms with E-state index in [1.165, 1.54) is 21.4 Å². The predicted octanol–water partition coefficient (Wildman–Crippen LogP) is 13.1. The van der Waals surface area contributed by atoms with Crippen LogP contribution < -0.4 is 5.73 Å². The molecule has 0 fully saturated rings. The smallest absolute Gasteiger partial charge is 0.154 e. The Bertz CT molecular complexity index is 2530. The minimum absolute atomic E-state index is 0.0690. The molecule has 1 aromatic heterocycles. The Hall–Kier alpha value is -6.10. The Labute approximate surface area is 316 Å². The number of hydrogen-bond donors (Lipinski definition) is 2. The monoisotopic (exact) mass is 705 g/mol. The predicted molar refractivity (Wildman–Crippen MR) is 230 cm³/mol. The Morgan fingerprint density at radius 2 is 1.11 bits per heavy atom. The highest BCUT2D eigenvalue weighted by Gasteiger charge is 2.21. The van der Waals surface area contributed by atoms with E-state index >= 15 is 0 Å². The number of fused-ring (bicyclic) bond motifs is 3. The number of nitrogens with two attached hydrogens (primary N) is 1. The molecule has 260 valence electrons. The van der Waals surface area contributed by atoms with Crippen molar-refractivity contribution in [2.24, 2.45) is 10.7 Å². The third kappa shape index (κ3) is 7.74. The summed E-state index contributed by atoms with van der Waals surface area (Å²) in [5.74, 6) is 0.474. The first-order valence-electron chi connectivity index (χ1n) is 17.9. The van der Waals surface area contributed by atoms with E-state index in [0.29, 0.717) is 5.84 Å². The van der Waals surface area contributed by atoms with Gasteiger partial charge < -0.3 is 5.73 Å². The van der Waals surface area contributed by atoms with Crippen molar-refractivity contribution in [3.05, 3.63) is 192 Å². The summed E-state index contributed by atoms with van der Waals surface area (Å²) in [6.45, 7) is 8.80. The summed E-state index contributed by atoms with van der Waals surface area (Å²) < 4.78 is 2.32. The molecule has 3 N–H and O–H groups in total. The van der Waals surface area contributed by atoms with Crippen molar-refractivity contribution in [1.82, 2.24) is 0 Å². The van der Waals surface area contributed by atoms with Gasteiger partial charge in [0.05, 0.1) is 0 Å². The third-order valence-electron chi connectivity index (χ3n) is 9.47. The van der Waals surface area contributed by atoms with Gasteiger partial charge in [0.1, 0.15) is 5.84 Å². The average Bonchev–Trinajstić information content (AvgIpc) is 3.58. The number of rotatable bonds is 5. The second-order valence-corrected chi connectivity index (χ2v) is 15.3. The lowest BCUT2D eigenvalue weighted by molar-refractivity contribution is 0.590. The van der Waals surface area contributed by atoms with Crippen molar-refractivity contribution in [3.8, 4) is 33.4 Å². The second-order valence-electron chi connectivity index (χ2n) is 14.3. The Morgan fingerprint density at radius 1 is 0.566 bits per heavy atom. The molecule has 0 radical (unpaired) electrons. The molecule has 0 amide bonds. The summed E-state index contributed by atoms with van der Waals surface area (Å²) in [5, 5.41) is 11.4. The summed E-state index contributed by atoms with van der Waals surface area (Å²) in [4.78, 5) is 4.64. The SMILES string of the molecule is CC(C)(C)c1ccc(-c2ccc(C(=N)N=C(N)c3ccccc3)c3c2sc2c(-c4ccccc4)cc(-c4ccccc4)cc23)cc1.Cc1ccccc1. The lowest BCUT2D eigenvalue weighted by atomic mass is 9.86. The maximum atomic E-state index is 9.25. The molecule has 0 atom stereocenters. The summed E-state index contributed by atoms with van der Waals surface area (Å²) in [7, 11) is 0. The van der Waals surface area contributed by atoms with Gasteiger partial charge >= 0.3 is 0 Å². The second kappa shape index (κ2) is 15.2. The fourth-order valence-corrected chi connectivity index (χ4v) is 7.95. The minimum Gasteiger partial charge on any atom is -0.383 e. The van der Waals surface area contributed by atoms with Crippen molar-refractivity contribution in [2.75, 3.05) is 0 Å². The first kappa shape index (κ1) is 35.3. The Kier molecular flexibility index (Phi) is 10.2. The molecule has 0 aliphatic rings. The molecule has 4 heteroatoms. The lowest BCUT2D eigenvalue weighted by Crippen LogP contribution is -2.15. The largest absolute Gasteiger partial charge is 0.383 e. The number of hydrogen-bond acceptors (Lipinski definition) is 2. The number of benzene rings is 7. The van der Waals surface area contributed by atoms with Crippen LogP contribution in [0.1, 0.15) is 43.0 Å². The van der Waals surface area contributed by atoms with E-state index in [1.54, 1.807) is 11.3 Å². The number of thiophene rings is 1. The molecule has 0 saturated carbocycles. The molecule has 0 aliphatic carbocycles. The third-order valence-corrected chi connectivity index (χ3v) is 10.7. The zero-order chi connectivity index (χ0) is 37.0. The lowest BCUT2D eigenvalue weighted by Gasteiger charge is -2.19. The van der Waals surface area contributed by atoms with Crippen molar-refractivity contribution in [3.63, 3.8) is 0 Å². The molecule has 1 heterocycles. The summed E-state index contributed by atoms with van der Waals surface area (Å²) >= 11 is 1.79. The first-order chi connectivity index (χ1) is 25.7. The van der Waals surface area contributed by atoms with Crippen molar-refractivity contribution >= 4 is 43.2 Å². The standard InChI is InChI=1S/C42H35N3S.C7H8/c1-42(2,3)32-21-19-29(20-22-32)33-23-24-34(41(44)45-40(43)30-17-11-6-12-18-30)37-36-26-31(27-13-7-4-8-14-27)25-35(38(36)46-39(33)37)28-15-9-5-10-16-28;1-7-5-3-2-4-6-7/h4-26H,1-3H3,(H3,43,44,45);2-6H,1H3. The van der Waals surface area contributed by atoms with Crippen LogP contribution in [0.3, 0.4) is 0 Å². The maximum absolute atomic E-state index is 9.25. The number of aryl methyl sites for hydroxylation is 1. The topological polar surface area (TPSA) is 62.2 Å². The van der Waals surface area contributed by atoms with Gasteiger partial charge in [-0.3, -0.25) is 5.41 Å². The van der Waals surface area contributed by atoms with Crippen LogP contribution in [0.15, 0.2) is 175 Å². The summed E-state index contributed by atoms with van der Waals surface area (Å²) in [6.07, 6.45) is 0. The molecule has 0 aliphatic heterocycles. The maximum Gasteiger partial charge on any atom is 0.154 e. The van der Waals surface area contributed by atoms with Gasteiger partial charge in [-0.05, 0) is 63.9 Å². The van der Waals surface area contributed by atoms with Crippen LogP contribution in [0.2, 0.25) is 0 Å². The van der Waals surface area contributed by atoms with E-state index in [0.717, 1.165) is 54.4 Å². The zero-order valence-electron chi connectivity index (χ0n) is 30.6.